The summed E-state index contributed by atoms with van der Waals surface area (Å²) in [6, 6.07) is -0.738. The van der Waals surface area contributed by atoms with Crippen LogP contribution in [0, 0.1) is 11.8 Å². The minimum absolute atomic E-state index is 0.342. The molecule has 1 amide bonds. The van der Waals surface area contributed by atoms with Gasteiger partial charge in [0.25, 0.3) is 0 Å². The highest BCUT2D eigenvalue weighted by Gasteiger charge is 2.48. The molecular formula is C9H13NO5. The maximum Gasteiger partial charge on any atom is 0.328 e. The molecule has 1 saturated carbocycles. The maximum absolute atomic E-state index is 11.4. The molecule has 84 valence electrons. The number of nitrogens with one attached hydrogen (secondary N) is 1. The van der Waals surface area contributed by atoms with E-state index in [1.54, 1.807) is 0 Å². The van der Waals surface area contributed by atoms with Gasteiger partial charge < -0.3 is 15.2 Å². The molecule has 0 aliphatic heterocycles. The van der Waals surface area contributed by atoms with Gasteiger partial charge in [0.1, 0.15) is 6.04 Å². The first kappa shape index (κ1) is 11.5. The molecule has 1 aliphatic carbocycles. The van der Waals surface area contributed by atoms with Crippen LogP contribution in [-0.4, -0.2) is 36.1 Å². The molecule has 2 unspecified atom stereocenters. The smallest absolute Gasteiger partial charge is 0.328 e. The lowest BCUT2D eigenvalue weighted by Gasteiger charge is -2.10. The van der Waals surface area contributed by atoms with Crippen molar-refractivity contribution in [3.63, 3.8) is 0 Å². The van der Waals surface area contributed by atoms with Crippen molar-refractivity contribution in [2.45, 2.75) is 19.4 Å². The Morgan fingerprint density at radius 1 is 1.40 bits per heavy atom. The van der Waals surface area contributed by atoms with Crippen LogP contribution >= 0.6 is 0 Å². The first-order valence-corrected chi connectivity index (χ1v) is 4.58. The fraction of sp³-hybridized carbons (Fsp3) is 0.667. The van der Waals surface area contributed by atoms with Gasteiger partial charge in [-0.3, -0.25) is 9.59 Å². The number of hydrogen-bond acceptors (Lipinski definition) is 4. The van der Waals surface area contributed by atoms with Crippen molar-refractivity contribution in [1.29, 1.82) is 0 Å². The van der Waals surface area contributed by atoms with Crippen LogP contribution in [0.4, 0.5) is 0 Å². The Morgan fingerprint density at radius 2 is 2.00 bits per heavy atom. The number of carbonyl (C=O) groups excluding carboxylic acids is 2. The summed E-state index contributed by atoms with van der Waals surface area (Å²) in [7, 11) is 1.22. The topological polar surface area (TPSA) is 92.7 Å². The number of hydrogen-bond donors (Lipinski definition) is 2. The van der Waals surface area contributed by atoms with Crippen LogP contribution in [0.1, 0.15) is 13.3 Å². The van der Waals surface area contributed by atoms with Crippen molar-refractivity contribution < 1.29 is 24.2 Å². The molecule has 1 aliphatic rings. The number of amides is 1. The van der Waals surface area contributed by atoms with Crippen LogP contribution < -0.4 is 5.32 Å². The summed E-state index contributed by atoms with van der Waals surface area (Å²) < 4.78 is 4.42. The average molecular weight is 215 g/mol. The third-order valence-electron chi connectivity index (χ3n) is 2.36. The van der Waals surface area contributed by atoms with E-state index >= 15 is 0 Å². The summed E-state index contributed by atoms with van der Waals surface area (Å²) in [5.74, 6) is -3.03. The van der Waals surface area contributed by atoms with Crippen LogP contribution in [0.5, 0.6) is 0 Å². The largest absolute Gasteiger partial charge is 0.481 e. The minimum atomic E-state index is -0.971. The number of carboxylic acids is 1. The van der Waals surface area contributed by atoms with Gasteiger partial charge in [0, 0.05) is 0 Å². The van der Waals surface area contributed by atoms with Crippen molar-refractivity contribution in [3.05, 3.63) is 0 Å². The predicted molar refractivity (Wildman–Crippen MR) is 48.9 cm³/mol. The molecule has 0 bridgehead atoms. The summed E-state index contributed by atoms with van der Waals surface area (Å²) >= 11 is 0. The second kappa shape index (κ2) is 4.29. The third kappa shape index (κ3) is 2.68. The normalized spacial score (nSPS) is 25.2. The van der Waals surface area contributed by atoms with Crippen molar-refractivity contribution in [1.82, 2.24) is 5.32 Å². The Bertz CT molecular complexity index is 301. The lowest BCUT2D eigenvalue weighted by atomic mass is 10.2. The van der Waals surface area contributed by atoms with E-state index in [9.17, 15) is 14.4 Å². The molecule has 3 atom stereocenters. The number of ether oxygens (including phenoxy) is 1. The molecule has 0 saturated heterocycles. The highest BCUT2D eigenvalue weighted by Crippen LogP contribution is 2.38. The first-order chi connectivity index (χ1) is 6.97. The lowest BCUT2D eigenvalue weighted by molar-refractivity contribution is -0.144. The van der Waals surface area contributed by atoms with Crippen LogP contribution in [0.15, 0.2) is 0 Å². The SMILES string of the molecule is COC(=O)[C@H](C)NC(=O)C1CC1C(=O)O. The van der Waals surface area contributed by atoms with Gasteiger partial charge in [-0.05, 0) is 13.3 Å². The minimum Gasteiger partial charge on any atom is -0.481 e. The second-order valence-electron chi connectivity index (χ2n) is 3.54. The molecule has 6 nitrogen and oxygen atoms in total. The highest BCUT2D eigenvalue weighted by atomic mass is 16.5. The molecule has 0 radical (unpaired) electrons. The van der Waals surface area contributed by atoms with Crippen LogP contribution in [0.25, 0.3) is 0 Å². The molecule has 0 spiro atoms. The summed E-state index contributed by atoms with van der Waals surface area (Å²) in [4.78, 5) is 32.8. The number of esters is 1. The maximum atomic E-state index is 11.4. The quantitative estimate of drug-likeness (QED) is 0.610. The van der Waals surface area contributed by atoms with Crippen LogP contribution in [0.2, 0.25) is 0 Å². The zero-order chi connectivity index (χ0) is 11.6. The van der Waals surface area contributed by atoms with Gasteiger partial charge in [-0.15, -0.1) is 0 Å². The fourth-order valence-electron chi connectivity index (χ4n) is 1.31. The lowest BCUT2D eigenvalue weighted by Crippen LogP contribution is -2.40. The molecule has 15 heavy (non-hydrogen) atoms. The number of carbonyl (C=O) groups is 3. The van der Waals surface area contributed by atoms with E-state index in [0.717, 1.165) is 0 Å². The van der Waals surface area contributed by atoms with Crippen molar-refractivity contribution in [2.75, 3.05) is 7.11 Å². The molecule has 6 heteroatoms. The van der Waals surface area contributed by atoms with Gasteiger partial charge in [0.2, 0.25) is 5.91 Å². The van der Waals surface area contributed by atoms with E-state index in [1.165, 1.54) is 14.0 Å². The summed E-state index contributed by atoms with van der Waals surface area (Å²) in [5, 5.41) is 11.0. The Labute approximate surface area is 86.6 Å². The van der Waals surface area contributed by atoms with Gasteiger partial charge in [-0.2, -0.15) is 0 Å². The molecule has 1 rings (SSSR count). The predicted octanol–water partition coefficient (Wildman–Crippen LogP) is -0.615. The van der Waals surface area contributed by atoms with Gasteiger partial charge >= 0.3 is 11.9 Å². The standard InChI is InChI=1S/C9H13NO5/c1-4(9(14)15-2)10-7(11)5-3-6(5)8(12)13/h4-6H,3H2,1-2H3,(H,10,11)(H,12,13)/t4-,5?,6?/m0/s1. The molecule has 2 N–H and O–H groups in total. The van der Waals surface area contributed by atoms with Gasteiger partial charge in [-0.1, -0.05) is 0 Å². The number of aliphatic carboxylic acids is 1. The van der Waals surface area contributed by atoms with E-state index in [0.29, 0.717) is 6.42 Å². The van der Waals surface area contributed by atoms with Gasteiger partial charge in [-0.25, -0.2) is 4.79 Å². The van der Waals surface area contributed by atoms with Crippen molar-refractivity contribution >= 4 is 17.8 Å². The van der Waals surface area contributed by atoms with Crippen molar-refractivity contribution in [3.8, 4) is 0 Å². The first-order valence-electron chi connectivity index (χ1n) is 4.58. The number of methoxy groups -OCH3 is 1. The Morgan fingerprint density at radius 3 is 2.40 bits per heavy atom. The average Bonchev–Trinajstić information content (AvgIpc) is 2.95. The van der Waals surface area contributed by atoms with E-state index in [2.05, 4.69) is 10.1 Å². The highest BCUT2D eigenvalue weighted by molar-refractivity contribution is 5.91. The van der Waals surface area contributed by atoms with Crippen LogP contribution in [0.3, 0.4) is 0 Å². The summed E-state index contributed by atoms with van der Waals surface area (Å²) in [6.45, 7) is 1.49. The Balaban J connectivity index is 2.38. The molecule has 1 fully saturated rings. The third-order valence-corrected chi connectivity index (χ3v) is 2.36. The number of carboxylic acid groups (broad SMARTS) is 1. The molecule has 0 aromatic heterocycles. The van der Waals surface area contributed by atoms with E-state index < -0.39 is 35.7 Å². The van der Waals surface area contributed by atoms with Gasteiger partial charge in [0.05, 0.1) is 18.9 Å². The van der Waals surface area contributed by atoms with Gasteiger partial charge in [0.15, 0.2) is 0 Å². The zero-order valence-corrected chi connectivity index (χ0v) is 8.52. The van der Waals surface area contributed by atoms with Crippen molar-refractivity contribution in [2.24, 2.45) is 11.8 Å². The molecule has 0 aromatic rings. The fourth-order valence-corrected chi connectivity index (χ4v) is 1.31. The Kier molecular flexibility index (Phi) is 3.28. The molecule has 0 aromatic carbocycles. The monoisotopic (exact) mass is 215 g/mol. The van der Waals surface area contributed by atoms with E-state index in [4.69, 9.17) is 5.11 Å². The summed E-state index contributed by atoms with van der Waals surface area (Å²) in [6.07, 6.45) is 0.342. The van der Waals surface area contributed by atoms with E-state index in [-0.39, 0.29) is 0 Å². The van der Waals surface area contributed by atoms with E-state index in [1.807, 2.05) is 0 Å². The van der Waals surface area contributed by atoms with Crippen LogP contribution in [-0.2, 0) is 19.1 Å². The molecular weight excluding hydrogens is 202 g/mol. The zero-order valence-electron chi connectivity index (χ0n) is 8.52. The Hall–Kier alpha value is -1.59. The second-order valence-corrected chi connectivity index (χ2v) is 3.54. The summed E-state index contributed by atoms with van der Waals surface area (Å²) in [5.41, 5.74) is 0. The number of rotatable bonds is 4. The molecule has 0 heterocycles.